The summed E-state index contributed by atoms with van der Waals surface area (Å²) in [6, 6.07) is 8.41. The number of fused-ring (bicyclic) bond motifs is 1. The second kappa shape index (κ2) is 6.27. The minimum absolute atomic E-state index is 0.347. The van der Waals surface area contributed by atoms with Gasteiger partial charge in [-0.25, -0.2) is 9.97 Å². The molecule has 7 heteroatoms. The van der Waals surface area contributed by atoms with Gasteiger partial charge in [-0.05, 0) is 12.1 Å². The number of aromatic amines is 1. The molecule has 1 atom stereocenters. The second-order valence-electron chi connectivity index (χ2n) is 5.66. The standard InChI is InChI=1S/C16H19N5OS/c1-22-9-11-8-21(7-6-17-11)16-14(18-10-23-16)15-19-12-4-2-3-5-13(12)20-15/h2-5,10-11,17H,6-9H2,1H3,(H,19,20). The first-order valence-corrected chi connectivity index (χ1v) is 8.59. The number of imidazole rings is 1. The van der Waals surface area contributed by atoms with E-state index in [9.17, 15) is 0 Å². The van der Waals surface area contributed by atoms with Gasteiger partial charge in [-0.3, -0.25) is 0 Å². The lowest BCUT2D eigenvalue weighted by Crippen LogP contribution is -2.52. The first-order chi connectivity index (χ1) is 11.3. The monoisotopic (exact) mass is 329 g/mol. The molecule has 3 heterocycles. The summed E-state index contributed by atoms with van der Waals surface area (Å²) in [7, 11) is 1.74. The molecule has 0 bridgehead atoms. The predicted molar refractivity (Wildman–Crippen MR) is 93.1 cm³/mol. The fourth-order valence-electron chi connectivity index (χ4n) is 3.01. The third-order valence-corrected chi connectivity index (χ3v) is 4.96. The number of para-hydroxylation sites is 2. The van der Waals surface area contributed by atoms with Gasteiger partial charge in [-0.1, -0.05) is 12.1 Å². The summed E-state index contributed by atoms with van der Waals surface area (Å²) in [5.41, 5.74) is 4.84. The number of benzene rings is 1. The topological polar surface area (TPSA) is 66.1 Å². The van der Waals surface area contributed by atoms with Crippen LogP contribution in [0.1, 0.15) is 0 Å². The van der Waals surface area contributed by atoms with Gasteiger partial charge >= 0.3 is 0 Å². The molecule has 6 nitrogen and oxygen atoms in total. The van der Waals surface area contributed by atoms with Crippen LogP contribution in [0.25, 0.3) is 22.6 Å². The minimum atomic E-state index is 0.347. The van der Waals surface area contributed by atoms with Crippen LogP contribution in [-0.2, 0) is 4.74 Å². The molecule has 1 aromatic carbocycles. The zero-order chi connectivity index (χ0) is 15.6. The molecule has 120 valence electrons. The van der Waals surface area contributed by atoms with Crippen molar-refractivity contribution in [2.24, 2.45) is 0 Å². The third kappa shape index (κ3) is 2.83. The van der Waals surface area contributed by atoms with Crippen LogP contribution in [0.3, 0.4) is 0 Å². The zero-order valence-corrected chi connectivity index (χ0v) is 13.8. The molecule has 1 aliphatic rings. The van der Waals surface area contributed by atoms with E-state index in [1.54, 1.807) is 18.4 Å². The molecular weight excluding hydrogens is 310 g/mol. The van der Waals surface area contributed by atoms with Crippen LogP contribution in [0.2, 0.25) is 0 Å². The van der Waals surface area contributed by atoms with Crippen molar-refractivity contribution in [3.8, 4) is 11.5 Å². The predicted octanol–water partition coefficient (Wildman–Crippen LogP) is 2.11. The van der Waals surface area contributed by atoms with Gasteiger partial charge < -0.3 is 19.9 Å². The molecule has 0 aliphatic carbocycles. The molecule has 2 N–H and O–H groups in total. The number of ether oxygens (including phenoxy) is 1. The number of anilines is 1. The van der Waals surface area contributed by atoms with E-state index in [-0.39, 0.29) is 0 Å². The first-order valence-electron chi connectivity index (χ1n) is 7.71. The van der Waals surface area contributed by atoms with Crippen molar-refractivity contribution >= 4 is 27.4 Å². The second-order valence-corrected chi connectivity index (χ2v) is 6.49. The molecular formula is C16H19N5OS. The highest BCUT2D eigenvalue weighted by Crippen LogP contribution is 2.33. The molecule has 0 radical (unpaired) electrons. The van der Waals surface area contributed by atoms with Gasteiger partial charge in [0, 0.05) is 32.8 Å². The van der Waals surface area contributed by atoms with Gasteiger partial charge in [-0.15, -0.1) is 11.3 Å². The summed E-state index contributed by atoms with van der Waals surface area (Å²) in [5.74, 6) is 0.837. The summed E-state index contributed by atoms with van der Waals surface area (Å²) >= 11 is 1.67. The van der Waals surface area contributed by atoms with Gasteiger partial charge in [0.15, 0.2) is 5.82 Å². The first kappa shape index (κ1) is 14.6. The lowest BCUT2D eigenvalue weighted by molar-refractivity contribution is 0.163. The Labute approximate surface area is 138 Å². The summed E-state index contributed by atoms with van der Waals surface area (Å²) < 4.78 is 5.28. The maximum absolute atomic E-state index is 5.28. The normalized spacial score (nSPS) is 18.7. The number of piperazine rings is 1. The van der Waals surface area contributed by atoms with Gasteiger partial charge in [0.1, 0.15) is 10.7 Å². The average Bonchev–Trinajstić information content (AvgIpc) is 3.22. The Balaban J connectivity index is 1.65. The molecule has 0 saturated carbocycles. The van der Waals surface area contributed by atoms with Gasteiger partial charge in [-0.2, -0.15) is 0 Å². The van der Waals surface area contributed by atoms with E-state index >= 15 is 0 Å². The Morgan fingerprint density at radius 2 is 2.30 bits per heavy atom. The Morgan fingerprint density at radius 3 is 3.17 bits per heavy atom. The number of H-pyrrole nitrogens is 1. The van der Waals surface area contributed by atoms with Crippen molar-refractivity contribution in [3.05, 3.63) is 29.8 Å². The number of hydrogen-bond donors (Lipinski definition) is 2. The van der Waals surface area contributed by atoms with E-state index in [2.05, 4.69) is 25.2 Å². The van der Waals surface area contributed by atoms with Crippen LogP contribution in [-0.4, -0.2) is 54.3 Å². The van der Waals surface area contributed by atoms with E-state index in [4.69, 9.17) is 4.74 Å². The van der Waals surface area contributed by atoms with Crippen molar-refractivity contribution in [2.75, 3.05) is 38.3 Å². The highest BCUT2D eigenvalue weighted by atomic mass is 32.1. The van der Waals surface area contributed by atoms with Crippen molar-refractivity contribution in [1.82, 2.24) is 20.3 Å². The van der Waals surface area contributed by atoms with E-state index in [0.717, 1.165) is 48.8 Å². The Hall–Kier alpha value is -1.96. The fraction of sp³-hybridized carbons (Fsp3) is 0.375. The maximum Gasteiger partial charge on any atom is 0.160 e. The molecule has 1 aliphatic heterocycles. The number of methoxy groups -OCH3 is 1. The van der Waals surface area contributed by atoms with Gasteiger partial charge in [0.2, 0.25) is 0 Å². The lowest BCUT2D eigenvalue weighted by Gasteiger charge is -2.34. The van der Waals surface area contributed by atoms with Crippen molar-refractivity contribution in [3.63, 3.8) is 0 Å². The van der Waals surface area contributed by atoms with Crippen molar-refractivity contribution < 1.29 is 4.74 Å². The zero-order valence-electron chi connectivity index (χ0n) is 13.0. The van der Waals surface area contributed by atoms with E-state index in [0.29, 0.717) is 6.04 Å². The average molecular weight is 329 g/mol. The largest absolute Gasteiger partial charge is 0.383 e. The molecule has 1 saturated heterocycles. The smallest absolute Gasteiger partial charge is 0.160 e. The van der Waals surface area contributed by atoms with Crippen LogP contribution in [0.5, 0.6) is 0 Å². The SMILES string of the molecule is COCC1CN(c2scnc2-c2nc3ccccc3[nH]2)CCN1. The molecule has 0 spiro atoms. The van der Waals surface area contributed by atoms with Gasteiger partial charge in [0.05, 0.1) is 23.2 Å². The quantitative estimate of drug-likeness (QED) is 0.767. The van der Waals surface area contributed by atoms with Crippen LogP contribution in [0, 0.1) is 0 Å². The molecule has 0 amide bonds. The number of nitrogens with zero attached hydrogens (tertiary/aromatic N) is 3. The lowest BCUT2D eigenvalue weighted by atomic mass is 10.2. The van der Waals surface area contributed by atoms with Crippen LogP contribution in [0.4, 0.5) is 5.00 Å². The Morgan fingerprint density at radius 1 is 1.39 bits per heavy atom. The van der Waals surface area contributed by atoms with E-state index in [1.165, 1.54) is 5.00 Å². The number of thiazole rings is 1. The molecule has 1 unspecified atom stereocenters. The van der Waals surface area contributed by atoms with Crippen LogP contribution in [0.15, 0.2) is 29.8 Å². The third-order valence-electron chi connectivity index (χ3n) is 4.07. The van der Waals surface area contributed by atoms with Gasteiger partial charge in [0.25, 0.3) is 0 Å². The van der Waals surface area contributed by atoms with E-state index < -0.39 is 0 Å². The summed E-state index contributed by atoms with van der Waals surface area (Å²) in [4.78, 5) is 15.0. The Bertz CT molecular complexity index is 763. The fourth-order valence-corrected chi connectivity index (χ4v) is 3.85. The molecule has 2 aromatic heterocycles. The van der Waals surface area contributed by atoms with Crippen molar-refractivity contribution in [2.45, 2.75) is 6.04 Å². The number of rotatable bonds is 4. The van der Waals surface area contributed by atoms with Crippen LogP contribution < -0.4 is 10.2 Å². The highest BCUT2D eigenvalue weighted by molar-refractivity contribution is 7.14. The summed E-state index contributed by atoms with van der Waals surface area (Å²) in [5, 5.41) is 4.66. The number of hydrogen-bond acceptors (Lipinski definition) is 6. The summed E-state index contributed by atoms with van der Waals surface area (Å²) in [6.45, 7) is 3.56. The van der Waals surface area contributed by atoms with Crippen molar-refractivity contribution in [1.29, 1.82) is 0 Å². The molecule has 23 heavy (non-hydrogen) atoms. The number of aromatic nitrogens is 3. The highest BCUT2D eigenvalue weighted by Gasteiger charge is 2.24. The minimum Gasteiger partial charge on any atom is -0.383 e. The molecule has 3 aromatic rings. The Kier molecular flexibility index (Phi) is 3.99. The maximum atomic E-state index is 5.28. The van der Waals surface area contributed by atoms with E-state index in [1.807, 2.05) is 29.8 Å². The molecule has 4 rings (SSSR count). The summed E-state index contributed by atoms with van der Waals surface area (Å²) in [6.07, 6.45) is 0. The van der Waals surface area contributed by atoms with Crippen LogP contribution >= 0.6 is 11.3 Å². The molecule has 1 fully saturated rings. The number of nitrogens with one attached hydrogen (secondary N) is 2.